The third kappa shape index (κ3) is 51.3. The Bertz CT molecular complexity index is 2270. The first-order valence-corrected chi connectivity index (χ1v) is 25.8. The molecule has 1 aliphatic rings. The van der Waals surface area contributed by atoms with E-state index in [-0.39, 0.29) is 206 Å². The molecule has 1 heterocycles. The number of carboxylic acids is 2. The molecule has 7 amide bonds. The zero-order chi connectivity index (χ0) is 64.7. The van der Waals surface area contributed by atoms with Gasteiger partial charge >= 0.3 is 35.7 Å². The summed E-state index contributed by atoms with van der Waals surface area (Å²) in [4.78, 5) is 206. The first-order valence-electron chi connectivity index (χ1n) is 25.8. The third-order valence-electron chi connectivity index (χ3n) is 12.1. The lowest BCUT2D eigenvalue weighted by Gasteiger charge is -2.17. The Morgan fingerprint density at radius 3 is 1.22 bits per heavy atom. The Kier molecular flexibility index (Phi) is 65.1. The fourth-order valence-electron chi connectivity index (χ4n) is 6.89. The molecule has 0 aromatic heterocycles. The largest absolute Gasteiger partial charge is 0.481 e. The smallest absolute Gasteiger partial charge is 0.332 e. The van der Waals surface area contributed by atoms with Gasteiger partial charge in [0, 0.05) is 87.9 Å². The number of carbonyl (C=O) groups is 18. The van der Waals surface area contributed by atoms with Crippen LogP contribution in [-0.2, 0) is 95.9 Å². The number of primary amides is 3. The van der Waals surface area contributed by atoms with Gasteiger partial charge in [0.15, 0.2) is 0 Å². The summed E-state index contributed by atoms with van der Waals surface area (Å²) < 4.78 is 4.63. The van der Waals surface area contributed by atoms with Crippen molar-refractivity contribution in [3.63, 3.8) is 0 Å². The fourth-order valence-corrected chi connectivity index (χ4v) is 6.89. The van der Waals surface area contributed by atoms with Crippen LogP contribution >= 0.6 is 81.0 Å². The molecule has 1 rings (SSSR count). The summed E-state index contributed by atoms with van der Waals surface area (Å²) in [5, 5.41) is 36.3. The van der Waals surface area contributed by atoms with Crippen LogP contribution in [0, 0.1) is 29.6 Å². The number of nitrogens with two attached hydrogens (primary N) is 5. The van der Waals surface area contributed by atoms with E-state index in [1.54, 1.807) is 13.8 Å². The van der Waals surface area contributed by atoms with Gasteiger partial charge in [-0.1, -0.05) is 13.8 Å². The molecule has 33 nitrogen and oxygen atoms in total. The number of ether oxygens (including phenoxy) is 1. The highest BCUT2D eigenvalue weighted by Gasteiger charge is 2.32. The van der Waals surface area contributed by atoms with Gasteiger partial charge in [-0.25, -0.2) is 15.8 Å². The lowest BCUT2D eigenvalue weighted by atomic mass is 9.87. The zero-order valence-corrected chi connectivity index (χ0v) is 55.9. The Hall–Kier alpha value is -6.20. The number of carbonyl (C=O) groups excluding carboxylic acids is 16. The molecule has 0 aromatic carbocycles. The monoisotopic (exact) mass is 1390 g/mol. The van der Waals surface area contributed by atoms with E-state index in [1.807, 2.05) is 5.48 Å². The fraction of sp³-hybridized carbons (Fsp3) is 0.640. The van der Waals surface area contributed by atoms with Gasteiger partial charge in [-0.05, 0) is 65.2 Å². The van der Waals surface area contributed by atoms with Crippen molar-refractivity contribution in [3.05, 3.63) is 0 Å². The summed E-state index contributed by atoms with van der Waals surface area (Å²) in [6, 6.07) is -3.05. The minimum atomic E-state index is -1.32. The van der Waals surface area contributed by atoms with E-state index >= 15 is 0 Å². The molecule has 0 aliphatic carbocycles. The van der Waals surface area contributed by atoms with Gasteiger partial charge in [0.1, 0.15) is 35.0 Å². The summed E-state index contributed by atoms with van der Waals surface area (Å²) >= 11 is 0. The van der Waals surface area contributed by atoms with Gasteiger partial charge in [0.2, 0.25) is 35.2 Å². The molecule has 0 spiro atoms. The predicted octanol–water partition coefficient (Wildman–Crippen LogP) is -2.29. The number of carboxylic acid groups (broad SMARTS) is 2. The van der Waals surface area contributed by atoms with Crippen LogP contribution in [0.1, 0.15) is 150 Å². The van der Waals surface area contributed by atoms with Crippen LogP contribution in [0.4, 0.5) is 0 Å². The van der Waals surface area contributed by atoms with E-state index in [1.165, 1.54) is 26.4 Å². The highest BCUT2D eigenvalue weighted by atomic mass is 32.1. The molecule has 0 bridgehead atoms. The number of aliphatic carboxylic acids is 2. The van der Waals surface area contributed by atoms with Crippen LogP contribution in [0.15, 0.2) is 0 Å². The maximum atomic E-state index is 12.1. The van der Waals surface area contributed by atoms with E-state index in [4.69, 9.17) is 49.3 Å². The number of methoxy groups -OCH3 is 1. The van der Waals surface area contributed by atoms with E-state index in [2.05, 4.69) is 14.9 Å². The van der Waals surface area contributed by atoms with Gasteiger partial charge in [0.25, 0.3) is 5.91 Å². The van der Waals surface area contributed by atoms with E-state index in [9.17, 15) is 86.3 Å². The van der Waals surface area contributed by atoms with Crippen molar-refractivity contribution in [2.75, 3.05) is 7.11 Å². The van der Waals surface area contributed by atoms with Gasteiger partial charge in [-0.15, -0.1) is 0 Å². The second-order valence-corrected chi connectivity index (χ2v) is 19.2. The highest BCUT2D eigenvalue weighted by Crippen LogP contribution is 2.21. The molecule has 1 aliphatic heterocycles. The molecule has 8 atom stereocenters. The molecule has 516 valence electrons. The van der Waals surface area contributed by atoms with Gasteiger partial charge in [-0.3, -0.25) is 82.3 Å². The van der Waals surface area contributed by atoms with E-state index in [0.717, 1.165) is 5.48 Å². The van der Waals surface area contributed by atoms with Gasteiger partial charge < -0.3 is 63.4 Å². The van der Waals surface area contributed by atoms with Crippen molar-refractivity contribution < 1.29 is 117 Å². The predicted molar refractivity (Wildman–Crippen MR) is 342 cm³/mol. The molecule has 89 heavy (non-hydrogen) atoms. The van der Waals surface area contributed by atoms with Crippen molar-refractivity contribution >= 4 is 187 Å². The SMILES string of the molecule is CC(=O)CC[C@H](C)C(=O)C[C@@H](CCC(N)=O)C(=O)C(=O)NO.COC(=O)[C@H](CCC(N)=O)CC(=O)[C@@H](C)CCC(C)=O.NC(=O)CC[C@H](CC(=O)[C@@H](N)CCC(=O)O)C(=O)C(=O)NO.N[C@@H](CCC(=O)O)C(=O)N[C@@H]1CCC(=O)ONC1=O.S.S.S.S.S.S. The molecule has 0 saturated carbocycles. The minimum absolute atomic E-state index is 0. The normalized spacial score (nSPS) is 13.9. The van der Waals surface area contributed by atoms with Crippen LogP contribution in [0.5, 0.6) is 0 Å². The number of esters is 1. The standard InChI is InChI=1S/C14H22N2O6.C14H23NO5.C12H19N3O7.C10H15N3O6.6H2S/c1-8(3-4-9(2)17)11(18)7-10(5-6-12(15)19)13(20)14(21)16-22;1-9(4-5-10(2)16)12(17)8-11(14(19)20-3)6-7-13(15)18;13-7(2-4-10(18)19)8(16)5-6(1-3-9(14)17)11(20)12(21)15-22;11-5(1-3-7(14)15)9(17)12-6-2-4-8(16)19-13-10(6)18;;;;;;/h8,10,22H,3-7H2,1-2H3,(H2,15,19)(H,16,21);9,11H,4-8H2,1-3H3,(H2,15,18);6-7,22H,1-5,13H2,(H2,14,17)(H,15,21)(H,18,19);5-6H,1-4,11H2,(H,12,17)(H,13,18)(H,14,15);6*1H2/t8-,10+;9-,11+;6-,7+;5-,6+;;;;;;/m0010....../s1. The highest BCUT2D eigenvalue weighted by molar-refractivity contribution is 7.60. The maximum Gasteiger partial charge on any atom is 0.332 e. The Balaban J connectivity index is -0.000000134. The lowest BCUT2D eigenvalue weighted by Crippen LogP contribution is -2.50. The summed E-state index contributed by atoms with van der Waals surface area (Å²) in [5.74, 6) is -15.7. The van der Waals surface area contributed by atoms with Crippen molar-refractivity contribution in [2.45, 2.75) is 168 Å². The summed E-state index contributed by atoms with van der Waals surface area (Å²) in [7, 11) is 1.24. The quantitative estimate of drug-likeness (QED) is 0.0135. The molecule has 18 N–H and O–H groups in total. The molecule has 0 radical (unpaired) electrons. The maximum absolute atomic E-state index is 12.1. The second kappa shape index (κ2) is 57.0. The average Bonchev–Trinajstić information content (AvgIpc) is 3.58. The van der Waals surface area contributed by atoms with Crippen LogP contribution < -0.4 is 50.4 Å². The number of nitrogens with one attached hydrogen (secondary N) is 4. The number of rotatable bonds is 37. The van der Waals surface area contributed by atoms with Gasteiger partial charge in [0.05, 0.1) is 31.5 Å². The van der Waals surface area contributed by atoms with Crippen LogP contribution in [-0.4, -0.2) is 152 Å². The number of Topliss-reactive ketones (excluding diaryl/α,β-unsaturated/α-hetero) is 7. The second-order valence-electron chi connectivity index (χ2n) is 19.2. The first-order chi connectivity index (χ1) is 38.5. The summed E-state index contributed by atoms with van der Waals surface area (Å²) in [5.41, 5.74) is 30.3. The van der Waals surface area contributed by atoms with Crippen molar-refractivity contribution in [1.82, 2.24) is 21.8 Å². The topological polar surface area (TPSA) is 585 Å². The number of amides is 7. The van der Waals surface area contributed by atoms with Crippen LogP contribution in [0.2, 0.25) is 0 Å². The number of hydroxylamine groups is 3. The molecule has 0 aromatic rings. The number of hydrogen-bond donors (Lipinski definition) is 13. The Labute approximate surface area is 555 Å². The zero-order valence-electron chi connectivity index (χ0n) is 49.9. The van der Waals surface area contributed by atoms with Crippen molar-refractivity contribution in [3.8, 4) is 0 Å². The Morgan fingerprint density at radius 1 is 0.539 bits per heavy atom. The summed E-state index contributed by atoms with van der Waals surface area (Å²) in [6.45, 7) is 6.25. The molecular weight excluding hydrogens is 1300 g/mol. The van der Waals surface area contributed by atoms with Crippen LogP contribution in [0.3, 0.4) is 0 Å². The molecule has 39 heteroatoms. The Morgan fingerprint density at radius 2 is 0.888 bits per heavy atom. The minimum Gasteiger partial charge on any atom is -0.481 e. The molecule has 1 fully saturated rings. The van der Waals surface area contributed by atoms with Crippen molar-refractivity contribution in [2.24, 2.45) is 58.3 Å². The van der Waals surface area contributed by atoms with Crippen LogP contribution in [0.25, 0.3) is 0 Å². The number of hydrogen-bond acceptors (Lipinski definition) is 24. The lowest BCUT2D eigenvalue weighted by molar-refractivity contribution is -0.156. The third-order valence-corrected chi connectivity index (χ3v) is 12.1. The molecule has 1 saturated heterocycles. The number of ketones is 7. The van der Waals surface area contributed by atoms with E-state index in [0.29, 0.717) is 19.3 Å². The summed E-state index contributed by atoms with van der Waals surface area (Å²) in [6.07, 6.45) is -0.214. The van der Waals surface area contributed by atoms with Gasteiger partial charge in [-0.2, -0.15) is 86.5 Å². The van der Waals surface area contributed by atoms with Crippen molar-refractivity contribution in [1.29, 1.82) is 0 Å². The first kappa shape index (κ1) is 102. The molecular formula is C50H91N9O24S6. The van der Waals surface area contributed by atoms with E-state index < -0.39 is 131 Å². The average molecular weight is 1390 g/mol. The molecule has 0 unspecified atom stereocenters.